The van der Waals surface area contributed by atoms with Crippen molar-refractivity contribution < 1.29 is 0 Å². The molecule has 0 unspecified atom stereocenters. The monoisotopic (exact) mass is 212 g/mol. The van der Waals surface area contributed by atoms with E-state index in [1.54, 1.807) is 0 Å². The Hall–Kier alpha value is -1.30. The fourth-order valence-electron chi connectivity index (χ4n) is 2.58. The Labute approximate surface area is 98.7 Å². The Morgan fingerprint density at radius 1 is 0.938 bits per heavy atom. The Morgan fingerprint density at radius 2 is 1.56 bits per heavy atom. The van der Waals surface area contributed by atoms with Crippen LogP contribution in [0.2, 0.25) is 0 Å². The number of hydrogen-bond donors (Lipinski definition) is 0. The second-order valence-corrected chi connectivity index (χ2v) is 5.12. The van der Waals surface area contributed by atoms with Crippen LogP contribution < -0.4 is 0 Å². The number of allylic oxidation sites excluding steroid dienone is 4. The van der Waals surface area contributed by atoms with Crippen LogP contribution >= 0.6 is 0 Å². The molecule has 1 aliphatic rings. The molecule has 0 amide bonds. The third kappa shape index (κ3) is 2.27. The Kier molecular flexibility index (Phi) is 3.00. The molecule has 1 aromatic carbocycles. The lowest BCUT2D eigenvalue weighted by Crippen LogP contribution is -2.03. The first-order valence-electron chi connectivity index (χ1n) is 6.02. The van der Waals surface area contributed by atoms with Crippen molar-refractivity contribution in [3.8, 4) is 0 Å². The van der Waals surface area contributed by atoms with Crippen LogP contribution in [0.25, 0.3) is 5.57 Å². The van der Waals surface area contributed by atoms with Crippen molar-refractivity contribution in [2.45, 2.75) is 34.1 Å². The zero-order valence-electron chi connectivity index (χ0n) is 10.7. The minimum Gasteiger partial charge on any atom is -0.0727 e. The maximum absolute atomic E-state index is 2.32. The molecular formula is C16H20. The molecule has 0 aromatic heterocycles. The molecule has 0 N–H and O–H groups in total. The summed E-state index contributed by atoms with van der Waals surface area (Å²) in [7, 11) is 0. The Bertz CT molecular complexity index is 441. The molecule has 0 nitrogen and oxygen atoms in total. The van der Waals surface area contributed by atoms with Gasteiger partial charge in [0, 0.05) is 0 Å². The summed E-state index contributed by atoms with van der Waals surface area (Å²) >= 11 is 0. The quantitative estimate of drug-likeness (QED) is 0.634. The summed E-state index contributed by atoms with van der Waals surface area (Å²) in [4.78, 5) is 0. The molecule has 0 fully saturated rings. The summed E-state index contributed by atoms with van der Waals surface area (Å²) in [5.74, 6) is 0.645. The molecule has 0 heteroatoms. The molecular weight excluding hydrogens is 192 g/mol. The van der Waals surface area contributed by atoms with Crippen molar-refractivity contribution in [1.82, 2.24) is 0 Å². The van der Waals surface area contributed by atoms with Crippen LogP contribution in [-0.4, -0.2) is 0 Å². The molecule has 1 atom stereocenters. The predicted octanol–water partition coefficient (Wildman–Crippen LogP) is 4.67. The standard InChI is InChI=1S/C16H20/c1-11-5-6-16(14(4)8-11)15-9-12(2)7-13(3)10-15/h5-7,9-10,14H,8H2,1-4H3/t14-/m1/s1. The number of rotatable bonds is 1. The third-order valence-corrected chi connectivity index (χ3v) is 3.26. The van der Waals surface area contributed by atoms with Crippen molar-refractivity contribution in [3.63, 3.8) is 0 Å². The van der Waals surface area contributed by atoms with E-state index in [2.05, 4.69) is 58.0 Å². The normalized spacial score (nSPS) is 20.4. The number of hydrogen-bond acceptors (Lipinski definition) is 0. The van der Waals surface area contributed by atoms with Gasteiger partial charge in [0.15, 0.2) is 0 Å². The molecule has 0 heterocycles. The molecule has 0 bridgehead atoms. The zero-order valence-corrected chi connectivity index (χ0v) is 10.7. The molecule has 1 aromatic rings. The van der Waals surface area contributed by atoms with Gasteiger partial charge in [0.2, 0.25) is 0 Å². The van der Waals surface area contributed by atoms with Gasteiger partial charge in [0.25, 0.3) is 0 Å². The van der Waals surface area contributed by atoms with Crippen molar-refractivity contribution in [2.24, 2.45) is 5.92 Å². The van der Waals surface area contributed by atoms with E-state index < -0.39 is 0 Å². The maximum atomic E-state index is 2.32. The largest absolute Gasteiger partial charge is 0.0727 e. The minimum atomic E-state index is 0.645. The van der Waals surface area contributed by atoms with Gasteiger partial charge in [-0.15, -0.1) is 0 Å². The van der Waals surface area contributed by atoms with E-state index >= 15 is 0 Å². The third-order valence-electron chi connectivity index (χ3n) is 3.26. The fourth-order valence-corrected chi connectivity index (χ4v) is 2.58. The summed E-state index contributed by atoms with van der Waals surface area (Å²) in [6.45, 7) is 8.88. The lowest BCUT2D eigenvalue weighted by Gasteiger charge is -2.21. The van der Waals surface area contributed by atoms with Gasteiger partial charge in [-0.25, -0.2) is 0 Å². The summed E-state index contributed by atoms with van der Waals surface area (Å²) in [5.41, 5.74) is 7.08. The Morgan fingerprint density at radius 3 is 2.12 bits per heavy atom. The zero-order chi connectivity index (χ0) is 11.7. The molecule has 16 heavy (non-hydrogen) atoms. The highest BCUT2D eigenvalue weighted by atomic mass is 14.2. The topological polar surface area (TPSA) is 0 Å². The van der Waals surface area contributed by atoms with Gasteiger partial charge in [0.05, 0.1) is 0 Å². The molecule has 2 rings (SSSR count). The molecule has 0 radical (unpaired) electrons. The van der Waals surface area contributed by atoms with Gasteiger partial charge in [0.1, 0.15) is 0 Å². The summed E-state index contributed by atoms with van der Waals surface area (Å²) in [6.07, 6.45) is 5.74. The lowest BCUT2D eigenvalue weighted by molar-refractivity contribution is 0.727. The van der Waals surface area contributed by atoms with E-state index in [9.17, 15) is 0 Å². The van der Waals surface area contributed by atoms with Crippen LogP contribution in [0.3, 0.4) is 0 Å². The molecule has 0 saturated heterocycles. The van der Waals surface area contributed by atoms with E-state index in [1.165, 1.54) is 34.3 Å². The average molecular weight is 212 g/mol. The van der Waals surface area contributed by atoms with Gasteiger partial charge in [-0.05, 0) is 44.2 Å². The summed E-state index contributed by atoms with van der Waals surface area (Å²) in [6, 6.07) is 6.83. The van der Waals surface area contributed by atoms with Gasteiger partial charge in [-0.3, -0.25) is 0 Å². The van der Waals surface area contributed by atoms with Gasteiger partial charge < -0.3 is 0 Å². The molecule has 0 spiro atoms. The van der Waals surface area contributed by atoms with Gasteiger partial charge >= 0.3 is 0 Å². The van der Waals surface area contributed by atoms with E-state index in [4.69, 9.17) is 0 Å². The first-order chi connectivity index (χ1) is 7.56. The smallest absolute Gasteiger partial charge is 0.0147 e. The molecule has 0 saturated carbocycles. The number of aryl methyl sites for hydroxylation is 2. The number of benzene rings is 1. The van der Waals surface area contributed by atoms with Crippen molar-refractivity contribution in [3.05, 3.63) is 52.6 Å². The second-order valence-electron chi connectivity index (χ2n) is 5.12. The Balaban J connectivity index is 2.44. The van der Waals surface area contributed by atoms with Crippen LogP contribution in [0.4, 0.5) is 0 Å². The highest BCUT2D eigenvalue weighted by molar-refractivity contribution is 5.71. The van der Waals surface area contributed by atoms with Gasteiger partial charge in [-0.1, -0.05) is 54.0 Å². The van der Waals surface area contributed by atoms with Crippen LogP contribution in [0, 0.1) is 19.8 Å². The van der Waals surface area contributed by atoms with Crippen molar-refractivity contribution in [1.29, 1.82) is 0 Å². The van der Waals surface area contributed by atoms with Crippen molar-refractivity contribution in [2.75, 3.05) is 0 Å². The van der Waals surface area contributed by atoms with Crippen molar-refractivity contribution >= 4 is 5.57 Å². The van der Waals surface area contributed by atoms with E-state index in [1.807, 2.05) is 0 Å². The van der Waals surface area contributed by atoms with E-state index in [-0.39, 0.29) is 0 Å². The fraction of sp³-hybridized carbons (Fsp3) is 0.375. The first kappa shape index (κ1) is 11.2. The van der Waals surface area contributed by atoms with Crippen LogP contribution in [0.1, 0.15) is 37.0 Å². The van der Waals surface area contributed by atoms with E-state index in [0.29, 0.717) is 5.92 Å². The molecule has 84 valence electrons. The van der Waals surface area contributed by atoms with Crippen LogP contribution in [-0.2, 0) is 0 Å². The minimum absolute atomic E-state index is 0.645. The summed E-state index contributed by atoms with van der Waals surface area (Å²) in [5, 5.41) is 0. The maximum Gasteiger partial charge on any atom is -0.0147 e. The highest BCUT2D eigenvalue weighted by Crippen LogP contribution is 2.32. The first-order valence-corrected chi connectivity index (χ1v) is 6.02. The van der Waals surface area contributed by atoms with Gasteiger partial charge in [-0.2, -0.15) is 0 Å². The van der Waals surface area contributed by atoms with Crippen LogP contribution in [0.5, 0.6) is 0 Å². The summed E-state index contributed by atoms with van der Waals surface area (Å²) < 4.78 is 0. The van der Waals surface area contributed by atoms with Crippen LogP contribution in [0.15, 0.2) is 35.9 Å². The average Bonchev–Trinajstić information content (AvgIpc) is 2.15. The predicted molar refractivity (Wildman–Crippen MR) is 71.4 cm³/mol. The SMILES string of the molecule is CC1=CC=C(c2cc(C)cc(C)c2)[C@H](C)C1. The molecule has 0 aliphatic heterocycles. The van der Waals surface area contributed by atoms with E-state index in [0.717, 1.165) is 0 Å². The second kappa shape index (κ2) is 4.29. The molecule has 1 aliphatic carbocycles. The lowest BCUT2D eigenvalue weighted by atomic mass is 9.84. The highest BCUT2D eigenvalue weighted by Gasteiger charge is 2.14.